The zero-order valence-electron chi connectivity index (χ0n) is 17.0. The van der Waals surface area contributed by atoms with E-state index in [-0.39, 0.29) is 0 Å². The largest absolute Gasteiger partial charge is 0.385 e. The van der Waals surface area contributed by atoms with Crippen LogP contribution in [0.3, 0.4) is 0 Å². The SMILES string of the molecule is CC/C=C1\C(/C=C/CC)=C(NC(C)CC)C\C1=C/c1c[nH]c2ncccc12. The van der Waals surface area contributed by atoms with E-state index in [4.69, 9.17) is 0 Å². The zero-order chi connectivity index (χ0) is 19.2. The molecule has 0 fully saturated rings. The van der Waals surface area contributed by atoms with Crippen LogP contribution in [0.2, 0.25) is 0 Å². The Bertz CT molecular complexity index is 909. The molecule has 1 atom stereocenters. The summed E-state index contributed by atoms with van der Waals surface area (Å²) >= 11 is 0. The molecule has 0 saturated heterocycles. The summed E-state index contributed by atoms with van der Waals surface area (Å²) in [4.78, 5) is 7.71. The van der Waals surface area contributed by atoms with Gasteiger partial charge in [0.15, 0.2) is 0 Å². The number of H-pyrrole nitrogens is 1. The van der Waals surface area contributed by atoms with E-state index in [2.05, 4.69) is 79.5 Å². The lowest BCUT2D eigenvalue weighted by atomic mass is 10.00. The van der Waals surface area contributed by atoms with Gasteiger partial charge in [-0.1, -0.05) is 39.0 Å². The van der Waals surface area contributed by atoms with Crippen LogP contribution in [-0.2, 0) is 0 Å². The Kier molecular flexibility index (Phi) is 6.33. The van der Waals surface area contributed by atoms with E-state index in [1.165, 1.54) is 33.4 Å². The van der Waals surface area contributed by atoms with Gasteiger partial charge in [-0.3, -0.25) is 0 Å². The average Bonchev–Trinajstić information content (AvgIpc) is 3.23. The Morgan fingerprint density at radius 1 is 1.26 bits per heavy atom. The van der Waals surface area contributed by atoms with Crippen molar-refractivity contribution in [3.63, 3.8) is 0 Å². The summed E-state index contributed by atoms with van der Waals surface area (Å²) in [5, 5.41) is 4.92. The predicted molar refractivity (Wildman–Crippen MR) is 116 cm³/mol. The lowest BCUT2D eigenvalue weighted by Crippen LogP contribution is -2.24. The van der Waals surface area contributed by atoms with Gasteiger partial charge in [-0.05, 0) is 55.5 Å². The summed E-state index contributed by atoms with van der Waals surface area (Å²) in [6, 6.07) is 4.61. The van der Waals surface area contributed by atoms with Crippen molar-refractivity contribution in [3.05, 3.63) is 70.7 Å². The number of nitrogens with one attached hydrogen (secondary N) is 2. The molecule has 2 heterocycles. The number of hydrogen-bond acceptors (Lipinski definition) is 2. The molecule has 3 nitrogen and oxygen atoms in total. The second-order valence-electron chi connectivity index (χ2n) is 7.17. The maximum absolute atomic E-state index is 4.42. The van der Waals surface area contributed by atoms with Gasteiger partial charge in [0.25, 0.3) is 0 Å². The van der Waals surface area contributed by atoms with Gasteiger partial charge in [0.2, 0.25) is 0 Å². The van der Waals surface area contributed by atoms with Crippen molar-refractivity contribution < 1.29 is 0 Å². The van der Waals surface area contributed by atoms with Crippen molar-refractivity contribution in [1.29, 1.82) is 0 Å². The van der Waals surface area contributed by atoms with Gasteiger partial charge in [-0.25, -0.2) is 4.98 Å². The number of nitrogens with zero attached hydrogens (tertiary/aromatic N) is 1. The molecule has 3 rings (SSSR count). The third-order valence-corrected chi connectivity index (χ3v) is 5.10. The van der Waals surface area contributed by atoms with Crippen LogP contribution in [0.4, 0.5) is 0 Å². The Morgan fingerprint density at radius 2 is 2.11 bits per heavy atom. The number of allylic oxidation sites excluding steroid dienone is 6. The Morgan fingerprint density at radius 3 is 2.85 bits per heavy atom. The fraction of sp³-hybridized carbons (Fsp3) is 0.375. The highest BCUT2D eigenvalue weighted by atomic mass is 14.9. The van der Waals surface area contributed by atoms with Crippen molar-refractivity contribution >= 4 is 17.1 Å². The minimum absolute atomic E-state index is 0.476. The summed E-state index contributed by atoms with van der Waals surface area (Å²) < 4.78 is 0. The van der Waals surface area contributed by atoms with Gasteiger partial charge in [0.1, 0.15) is 5.65 Å². The molecule has 0 aromatic carbocycles. The number of fused-ring (bicyclic) bond motifs is 1. The minimum atomic E-state index is 0.476. The van der Waals surface area contributed by atoms with Crippen LogP contribution >= 0.6 is 0 Å². The molecule has 142 valence electrons. The minimum Gasteiger partial charge on any atom is -0.385 e. The summed E-state index contributed by atoms with van der Waals surface area (Å²) in [6.07, 6.45) is 17.3. The number of aromatic amines is 1. The van der Waals surface area contributed by atoms with Crippen LogP contribution in [0.15, 0.2) is 65.2 Å². The molecule has 3 heteroatoms. The van der Waals surface area contributed by atoms with E-state index in [0.717, 1.165) is 31.3 Å². The monoisotopic (exact) mass is 361 g/mol. The van der Waals surface area contributed by atoms with Crippen LogP contribution in [0.25, 0.3) is 17.1 Å². The molecule has 27 heavy (non-hydrogen) atoms. The first-order valence-electron chi connectivity index (χ1n) is 10.2. The maximum Gasteiger partial charge on any atom is 0.137 e. The van der Waals surface area contributed by atoms with Gasteiger partial charge in [-0.2, -0.15) is 0 Å². The Balaban J connectivity index is 2.03. The quantitative estimate of drug-likeness (QED) is 0.608. The van der Waals surface area contributed by atoms with Crippen LogP contribution in [0, 0.1) is 0 Å². The topological polar surface area (TPSA) is 40.7 Å². The molecule has 0 radical (unpaired) electrons. The molecule has 2 N–H and O–H groups in total. The van der Waals surface area contributed by atoms with E-state index in [1.54, 1.807) is 0 Å². The van der Waals surface area contributed by atoms with Crippen LogP contribution < -0.4 is 5.32 Å². The number of aromatic nitrogens is 2. The fourth-order valence-corrected chi connectivity index (χ4v) is 3.53. The van der Waals surface area contributed by atoms with Gasteiger partial charge in [0, 0.05) is 47.1 Å². The molecular weight excluding hydrogens is 330 g/mol. The van der Waals surface area contributed by atoms with Crippen molar-refractivity contribution in [3.8, 4) is 0 Å². The zero-order valence-corrected chi connectivity index (χ0v) is 17.0. The molecule has 1 aliphatic carbocycles. The smallest absolute Gasteiger partial charge is 0.137 e. The number of pyridine rings is 1. The van der Waals surface area contributed by atoms with Crippen molar-refractivity contribution in [1.82, 2.24) is 15.3 Å². The van der Waals surface area contributed by atoms with E-state index < -0.39 is 0 Å². The molecule has 1 unspecified atom stereocenters. The van der Waals surface area contributed by atoms with Crippen LogP contribution in [0.5, 0.6) is 0 Å². The van der Waals surface area contributed by atoms with Gasteiger partial charge in [0.05, 0.1) is 0 Å². The van der Waals surface area contributed by atoms with Crippen LogP contribution in [0.1, 0.15) is 58.9 Å². The van der Waals surface area contributed by atoms with E-state index in [1.807, 2.05) is 12.3 Å². The summed E-state index contributed by atoms with van der Waals surface area (Å²) in [5.74, 6) is 0. The molecule has 1 aliphatic rings. The highest BCUT2D eigenvalue weighted by molar-refractivity contribution is 5.88. The second-order valence-corrected chi connectivity index (χ2v) is 7.17. The van der Waals surface area contributed by atoms with Gasteiger partial charge < -0.3 is 10.3 Å². The molecular formula is C24H31N3. The molecule has 0 amide bonds. The Labute approximate surface area is 163 Å². The van der Waals surface area contributed by atoms with Crippen molar-refractivity contribution in [2.75, 3.05) is 0 Å². The van der Waals surface area contributed by atoms with Crippen molar-refractivity contribution in [2.45, 2.75) is 59.4 Å². The summed E-state index contributed by atoms with van der Waals surface area (Å²) in [6.45, 7) is 8.88. The molecule has 0 saturated carbocycles. The Hall–Kier alpha value is -2.55. The highest BCUT2D eigenvalue weighted by Gasteiger charge is 2.23. The van der Waals surface area contributed by atoms with Gasteiger partial charge in [-0.15, -0.1) is 0 Å². The van der Waals surface area contributed by atoms with E-state index >= 15 is 0 Å². The fourth-order valence-electron chi connectivity index (χ4n) is 3.53. The third-order valence-electron chi connectivity index (χ3n) is 5.10. The standard InChI is InChI=1S/C24H31N3/c1-5-8-11-22-20(10-6-2)18(15-23(22)27-17(4)7-3)14-19-16-26-24-21(19)12-9-13-25-24/h8-14,16-17,27H,5-7,15H2,1-4H3,(H,25,26)/b11-8+,18-14+,20-10-. The molecule has 0 aliphatic heterocycles. The number of rotatable bonds is 7. The molecule has 2 aromatic heterocycles. The first-order chi connectivity index (χ1) is 13.2. The predicted octanol–water partition coefficient (Wildman–Crippen LogP) is 6.29. The summed E-state index contributed by atoms with van der Waals surface area (Å²) in [5.41, 5.74) is 7.59. The van der Waals surface area contributed by atoms with E-state index in [9.17, 15) is 0 Å². The first kappa shape index (κ1) is 19.2. The molecule has 2 aromatic rings. The lowest BCUT2D eigenvalue weighted by Gasteiger charge is -2.14. The van der Waals surface area contributed by atoms with Gasteiger partial charge >= 0.3 is 0 Å². The van der Waals surface area contributed by atoms with Crippen molar-refractivity contribution in [2.24, 2.45) is 0 Å². The molecule has 0 bridgehead atoms. The lowest BCUT2D eigenvalue weighted by molar-refractivity contribution is 0.588. The first-order valence-corrected chi connectivity index (χ1v) is 10.2. The normalized spacial score (nSPS) is 19.1. The maximum atomic E-state index is 4.42. The number of hydrogen-bond donors (Lipinski definition) is 2. The summed E-state index contributed by atoms with van der Waals surface area (Å²) in [7, 11) is 0. The highest BCUT2D eigenvalue weighted by Crippen LogP contribution is 2.38. The van der Waals surface area contributed by atoms with E-state index in [0.29, 0.717) is 6.04 Å². The van der Waals surface area contributed by atoms with Crippen LogP contribution in [-0.4, -0.2) is 16.0 Å². The second kappa shape index (κ2) is 8.90. The third kappa shape index (κ3) is 4.24. The molecule has 0 spiro atoms. The average molecular weight is 362 g/mol.